The van der Waals surface area contributed by atoms with Gasteiger partial charge in [0, 0.05) is 30.7 Å². The number of aromatic nitrogens is 2. The number of nitrogens with zero attached hydrogens (tertiary/aromatic N) is 3. The molecule has 7 nitrogen and oxygen atoms in total. The van der Waals surface area contributed by atoms with Crippen LogP contribution in [0.4, 0.5) is 0 Å². The SMILES string of the molecule is CCCOc1ncccc1CNC(=O)c1c(C)oc(-n2cccc2)c1C#N. The summed E-state index contributed by atoms with van der Waals surface area (Å²) in [6, 6.07) is 9.35. The first-order valence-corrected chi connectivity index (χ1v) is 8.67. The van der Waals surface area contributed by atoms with E-state index in [0.717, 1.165) is 12.0 Å². The van der Waals surface area contributed by atoms with Crippen LogP contribution in [0.2, 0.25) is 0 Å². The van der Waals surface area contributed by atoms with Gasteiger partial charge in [-0.2, -0.15) is 5.26 Å². The molecule has 0 aliphatic heterocycles. The third-order valence-corrected chi connectivity index (χ3v) is 3.98. The van der Waals surface area contributed by atoms with Crippen LogP contribution >= 0.6 is 0 Å². The molecule has 1 N–H and O–H groups in total. The van der Waals surface area contributed by atoms with Gasteiger partial charge < -0.3 is 14.5 Å². The second kappa shape index (κ2) is 8.23. The standard InChI is InChI=1S/C20H20N4O3/c1-3-11-26-19-15(7-6-8-22-19)13-23-18(25)17-14(2)27-20(16(17)12-21)24-9-4-5-10-24/h4-10H,3,11,13H2,1-2H3,(H,23,25). The van der Waals surface area contributed by atoms with E-state index < -0.39 is 0 Å². The lowest BCUT2D eigenvalue weighted by Crippen LogP contribution is -2.24. The second-order valence-electron chi connectivity index (χ2n) is 5.91. The Kier molecular flexibility index (Phi) is 5.57. The summed E-state index contributed by atoms with van der Waals surface area (Å²) in [6.07, 6.45) is 6.03. The summed E-state index contributed by atoms with van der Waals surface area (Å²) in [4.78, 5) is 16.9. The number of amides is 1. The predicted molar refractivity (Wildman–Crippen MR) is 98.7 cm³/mol. The Balaban J connectivity index is 1.81. The van der Waals surface area contributed by atoms with Crippen molar-refractivity contribution in [3.63, 3.8) is 0 Å². The number of furan rings is 1. The first-order valence-electron chi connectivity index (χ1n) is 8.67. The van der Waals surface area contributed by atoms with Crippen LogP contribution in [0.3, 0.4) is 0 Å². The molecule has 0 atom stereocenters. The van der Waals surface area contributed by atoms with Crippen molar-refractivity contribution in [1.82, 2.24) is 14.9 Å². The Morgan fingerprint density at radius 1 is 1.37 bits per heavy atom. The molecule has 0 fully saturated rings. The highest BCUT2D eigenvalue weighted by molar-refractivity contribution is 5.98. The van der Waals surface area contributed by atoms with Crippen molar-refractivity contribution in [3.05, 3.63) is 65.3 Å². The van der Waals surface area contributed by atoms with Crippen molar-refractivity contribution in [1.29, 1.82) is 5.26 Å². The van der Waals surface area contributed by atoms with E-state index in [0.29, 0.717) is 24.1 Å². The molecular formula is C20H20N4O3. The molecule has 0 saturated heterocycles. The molecule has 0 bridgehead atoms. The van der Waals surface area contributed by atoms with Gasteiger partial charge in [0.2, 0.25) is 11.8 Å². The summed E-state index contributed by atoms with van der Waals surface area (Å²) in [7, 11) is 0. The van der Waals surface area contributed by atoms with Crippen LogP contribution in [-0.4, -0.2) is 22.1 Å². The molecule has 3 heterocycles. The number of rotatable bonds is 7. The predicted octanol–water partition coefficient (Wildman–Crippen LogP) is 3.36. The maximum Gasteiger partial charge on any atom is 0.256 e. The number of carbonyl (C=O) groups excluding carboxylic acids is 1. The summed E-state index contributed by atoms with van der Waals surface area (Å²) >= 11 is 0. The van der Waals surface area contributed by atoms with Gasteiger partial charge in [-0.15, -0.1) is 0 Å². The van der Waals surface area contributed by atoms with Crippen molar-refractivity contribution >= 4 is 5.91 Å². The van der Waals surface area contributed by atoms with Crippen molar-refractivity contribution in [2.24, 2.45) is 0 Å². The van der Waals surface area contributed by atoms with E-state index >= 15 is 0 Å². The quantitative estimate of drug-likeness (QED) is 0.694. The second-order valence-corrected chi connectivity index (χ2v) is 5.91. The van der Waals surface area contributed by atoms with Crippen LogP contribution in [0, 0.1) is 18.3 Å². The first kappa shape index (κ1) is 18.3. The Hall–Kier alpha value is -3.53. The van der Waals surface area contributed by atoms with E-state index in [1.807, 2.05) is 25.1 Å². The maximum atomic E-state index is 12.7. The van der Waals surface area contributed by atoms with E-state index in [-0.39, 0.29) is 23.6 Å². The normalized spacial score (nSPS) is 10.4. The fourth-order valence-corrected chi connectivity index (χ4v) is 2.71. The molecule has 7 heteroatoms. The molecule has 0 saturated carbocycles. The summed E-state index contributed by atoms with van der Waals surface area (Å²) in [6.45, 7) is 4.47. The van der Waals surface area contributed by atoms with Gasteiger partial charge in [-0.25, -0.2) is 4.98 Å². The smallest absolute Gasteiger partial charge is 0.256 e. The number of carbonyl (C=O) groups is 1. The lowest BCUT2D eigenvalue weighted by molar-refractivity contribution is 0.0949. The van der Waals surface area contributed by atoms with Crippen LogP contribution in [0.25, 0.3) is 5.88 Å². The van der Waals surface area contributed by atoms with Crippen LogP contribution < -0.4 is 10.1 Å². The molecule has 27 heavy (non-hydrogen) atoms. The number of hydrogen-bond acceptors (Lipinski definition) is 5. The Morgan fingerprint density at radius 2 is 2.15 bits per heavy atom. The number of nitrogens with one attached hydrogen (secondary N) is 1. The molecule has 1 amide bonds. The minimum absolute atomic E-state index is 0.204. The minimum atomic E-state index is -0.378. The molecule has 3 aromatic rings. The fourth-order valence-electron chi connectivity index (χ4n) is 2.71. The zero-order chi connectivity index (χ0) is 19.2. The van der Waals surface area contributed by atoms with E-state index in [2.05, 4.69) is 16.4 Å². The number of aryl methyl sites for hydroxylation is 1. The zero-order valence-corrected chi connectivity index (χ0v) is 15.2. The first-order chi connectivity index (χ1) is 13.2. The lowest BCUT2D eigenvalue weighted by Gasteiger charge is -2.10. The molecule has 0 unspecified atom stereocenters. The molecule has 3 rings (SSSR count). The number of ether oxygens (including phenoxy) is 1. The number of pyridine rings is 1. The van der Waals surface area contributed by atoms with Crippen molar-refractivity contribution in [3.8, 4) is 17.8 Å². The van der Waals surface area contributed by atoms with Crippen LogP contribution in [0.15, 0.2) is 47.3 Å². The molecule has 0 aliphatic rings. The van der Waals surface area contributed by atoms with Gasteiger partial charge in [0.05, 0.1) is 6.61 Å². The summed E-state index contributed by atoms with van der Waals surface area (Å²) < 4.78 is 12.9. The third-order valence-electron chi connectivity index (χ3n) is 3.98. The summed E-state index contributed by atoms with van der Waals surface area (Å²) in [5, 5.41) is 12.4. The molecule has 138 valence electrons. The van der Waals surface area contributed by atoms with E-state index in [1.54, 1.807) is 36.1 Å². The van der Waals surface area contributed by atoms with Gasteiger partial charge >= 0.3 is 0 Å². The maximum absolute atomic E-state index is 12.7. The highest BCUT2D eigenvalue weighted by Crippen LogP contribution is 2.25. The molecule has 3 aromatic heterocycles. The summed E-state index contributed by atoms with van der Waals surface area (Å²) in [5.74, 6) is 0.841. The molecular weight excluding hydrogens is 344 g/mol. The Morgan fingerprint density at radius 3 is 2.85 bits per heavy atom. The van der Waals surface area contributed by atoms with Gasteiger partial charge in [0.15, 0.2) is 0 Å². The molecule has 0 aromatic carbocycles. The van der Waals surface area contributed by atoms with Crippen LogP contribution in [0.5, 0.6) is 5.88 Å². The lowest BCUT2D eigenvalue weighted by atomic mass is 10.1. The highest BCUT2D eigenvalue weighted by atomic mass is 16.5. The van der Waals surface area contributed by atoms with Gasteiger partial charge in [0.25, 0.3) is 5.91 Å². The molecule has 0 aliphatic carbocycles. The fraction of sp³-hybridized carbons (Fsp3) is 0.250. The van der Waals surface area contributed by atoms with Crippen molar-refractivity contribution in [2.75, 3.05) is 6.61 Å². The van der Waals surface area contributed by atoms with E-state index in [9.17, 15) is 10.1 Å². The van der Waals surface area contributed by atoms with Crippen LogP contribution in [-0.2, 0) is 6.54 Å². The van der Waals surface area contributed by atoms with Crippen LogP contribution in [0.1, 0.15) is 40.6 Å². The van der Waals surface area contributed by atoms with Gasteiger partial charge in [-0.3, -0.25) is 9.36 Å². The van der Waals surface area contributed by atoms with Crippen molar-refractivity contribution in [2.45, 2.75) is 26.8 Å². The van der Waals surface area contributed by atoms with Crippen molar-refractivity contribution < 1.29 is 13.9 Å². The van der Waals surface area contributed by atoms with E-state index in [4.69, 9.17) is 9.15 Å². The number of hydrogen-bond donors (Lipinski definition) is 1. The largest absolute Gasteiger partial charge is 0.477 e. The monoisotopic (exact) mass is 364 g/mol. The minimum Gasteiger partial charge on any atom is -0.477 e. The number of nitriles is 1. The average Bonchev–Trinajstić information content (AvgIpc) is 3.32. The highest BCUT2D eigenvalue weighted by Gasteiger charge is 2.24. The average molecular weight is 364 g/mol. The Bertz CT molecular complexity index is 968. The van der Waals surface area contributed by atoms with Gasteiger partial charge in [-0.1, -0.05) is 13.0 Å². The zero-order valence-electron chi connectivity index (χ0n) is 15.2. The van der Waals surface area contributed by atoms with Gasteiger partial charge in [0.1, 0.15) is 23.0 Å². The molecule has 0 spiro atoms. The summed E-state index contributed by atoms with van der Waals surface area (Å²) in [5.41, 5.74) is 1.21. The topological polar surface area (TPSA) is 93.1 Å². The Labute approximate surface area is 157 Å². The van der Waals surface area contributed by atoms with E-state index in [1.165, 1.54) is 0 Å². The molecule has 0 radical (unpaired) electrons. The third kappa shape index (κ3) is 3.85. The van der Waals surface area contributed by atoms with Gasteiger partial charge in [-0.05, 0) is 31.5 Å².